The monoisotopic (exact) mass is 392 g/mol. The number of ether oxygens (including phenoxy) is 3. The second-order valence-electron chi connectivity index (χ2n) is 5.53. The summed E-state index contributed by atoms with van der Waals surface area (Å²) in [6, 6.07) is 7.37. The van der Waals surface area contributed by atoms with E-state index in [1.165, 1.54) is 33.3 Å². The Bertz CT molecular complexity index is 917. The van der Waals surface area contributed by atoms with Crippen molar-refractivity contribution < 1.29 is 33.1 Å². The molecule has 1 atom stereocenters. The number of nitro groups is 1. The van der Waals surface area contributed by atoms with Crippen molar-refractivity contribution in [3.05, 3.63) is 57.9 Å². The number of anilines is 1. The van der Waals surface area contributed by atoms with E-state index in [1.807, 2.05) is 0 Å². The lowest BCUT2D eigenvalue weighted by molar-refractivity contribution is -0.387. The first-order chi connectivity index (χ1) is 13.3. The largest absolute Gasteiger partial charge is 0.497 e. The number of nitrogens with zero attached hydrogens (tertiary/aromatic N) is 1. The number of hydrogen-bond donors (Lipinski definition) is 1. The summed E-state index contributed by atoms with van der Waals surface area (Å²) in [7, 11) is 2.80. The van der Waals surface area contributed by atoms with E-state index in [0.717, 1.165) is 18.2 Å². The molecule has 10 heteroatoms. The van der Waals surface area contributed by atoms with Crippen LogP contribution in [0.4, 0.5) is 15.8 Å². The molecule has 1 amide bonds. The Balaban J connectivity index is 2.11. The zero-order valence-corrected chi connectivity index (χ0v) is 15.2. The van der Waals surface area contributed by atoms with Crippen molar-refractivity contribution in [3.63, 3.8) is 0 Å². The smallest absolute Gasteiger partial charge is 0.342 e. The van der Waals surface area contributed by atoms with Gasteiger partial charge in [0.2, 0.25) is 5.82 Å². The van der Waals surface area contributed by atoms with Gasteiger partial charge in [-0.15, -0.1) is 0 Å². The minimum Gasteiger partial charge on any atom is -0.497 e. The highest BCUT2D eigenvalue weighted by molar-refractivity contribution is 5.98. The van der Waals surface area contributed by atoms with Crippen LogP contribution in [0.1, 0.15) is 17.3 Å². The van der Waals surface area contributed by atoms with E-state index < -0.39 is 34.4 Å². The molecule has 0 aliphatic rings. The van der Waals surface area contributed by atoms with E-state index in [2.05, 4.69) is 5.32 Å². The molecule has 28 heavy (non-hydrogen) atoms. The number of nitro benzene ring substituents is 1. The van der Waals surface area contributed by atoms with E-state index in [-0.39, 0.29) is 17.0 Å². The second-order valence-corrected chi connectivity index (χ2v) is 5.53. The van der Waals surface area contributed by atoms with Crippen LogP contribution in [-0.2, 0) is 9.53 Å². The Labute approximate surface area is 159 Å². The summed E-state index contributed by atoms with van der Waals surface area (Å²) >= 11 is 0. The number of hydrogen-bond acceptors (Lipinski definition) is 7. The molecule has 0 spiro atoms. The highest BCUT2D eigenvalue weighted by Gasteiger charge is 2.23. The molecule has 148 valence electrons. The van der Waals surface area contributed by atoms with Gasteiger partial charge in [-0.1, -0.05) is 0 Å². The summed E-state index contributed by atoms with van der Waals surface area (Å²) in [5.74, 6) is -2.00. The van der Waals surface area contributed by atoms with Gasteiger partial charge in [-0.2, -0.15) is 4.39 Å². The average Bonchev–Trinajstić information content (AvgIpc) is 2.68. The number of carbonyl (C=O) groups is 2. The zero-order chi connectivity index (χ0) is 20.8. The third-order valence-electron chi connectivity index (χ3n) is 3.69. The Morgan fingerprint density at radius 1 is 1.14 bits per heavy atom. The van der Waals surface area contributed by atoms with E-state index >= 15 is 0 Å². The normalized spacial score (nSPS) is 11.3. The molecule has 0 radical (unpaired) electrons. The van der Waals surface area contributed by atoms with E-state index in [1.54, 1.807) is 6.07 Å². The maximum Gasteiger partial charge on any atom is 0.342 e. The zero-order valence-electron chi connectivity index (χ0n) is 15.2. The van der Waals surface area contributed by atoms with Crippen LogP contribution in [0, 0.1) is 15.9 Å². The molecule has 0 heterocycles. The molecular formula is C18H17FN2O7. The first-order valence-electron chi connectivity index (χ1n) is 7.94. The molecule has 0 unspecified atom stereocenters. The highest BCUT2D eigenvalue weighted by atomic mass is 19.1. The van der Waals surface area contributed by atoms with Crippen molar-refractivity contribution in [3.8, 4) is 11.5 Å². The van der Waals surface area contributed by atoms with Gasteiger partial charge in [0.05, 0.1) is 19.1 Å². The Kier molecular flexibility index (Phi) is 6.48. The fraction of sp³-hybridized carbons (Fsp3) is 0.222. The highest BCUT2D eigenvalue weighted by Crippen LogP contribution is 2.25. The third kappa shape index (κ3) is 4.72. The van der Waals surface area contributed by atoms with Gasteiger partial charge in [0.25, 0.3) is 5.91 Å². The van der Waals surface area contributed by atoms with E-state index in [9.17, 15) is 24.1 Å². The quantitative estimate of drug-likeness (QED) is 0.437. The first-order valence-corrected chi connectivity index (χ1v) is 7.94. The molecule has 0 aromatic heterocycles. The molecule has 0 bridgehead atoms. The predicted molar refractivity (Wildman–Crippen MR) is 96.1 cm³/mol. The second kappa shape index (κ2) is 8.80. The van der Waals surface area contributed by atoms with Gasteiger partial charge in [-0.05, 0) is 37.3 Å². The van der Waals surface area contributed by atoms with Gasteiger partial charge in [-0.25, -0.2) is 4.79 Å². The molecule has 1 N–H and O–H groups in total. The molecule has 2 rings (SSSR count). The average molecular weight is 392 g/mol. The lowest BCUT2D eigenvalue weighted by Crippen LogP contribution is -2.30. The Morgan fingerprint density at radius 2 is 1.86 bits per heavy atom. The van der Waals surface area contributed by atoms with Gasteiger partial charge in [0, 0.05) is 11.8 Å². The lowest BCUT2D eigenvalue weighted by atomic mass is 10.2. The molecule has 0 saturated heterocycles. The summed E-state index contributed by atoms with van der Waals surface area (Å²) in [6.45, 7) is 1.32. The minimum atomic E-state index is -1.24. The Hall–Kier alpha value is -3.69. The maximum absolute atomic E-state index is 13.4. The molecule has 9 nitrogen and oxygen atoms in total. The van der Waals surface area contributed by atoms with Crippen molar-refractivity contribution in [2.75, 3.05) is 19.5 Å². The summed E-state index contributed by atoms with van der Waals surface area (Å²) in [5.41, 5.74) is -0.748. The van der Waals surface area contributed by atoms with Crippen LogP contribution < -0.4 is 14.8 Å². The Morgan fingerprint density at radius 3 is 2.46 bits per heavy atom. The molecule has 0 saturated carbocycles. The maximum atomic E-state index is 13.4. The SMILES string of the molecule is COc1ccc(OC)c(C(=O)O[C@H](C)C(=O)Nc2ccc(F)c([N+](=O)[O-])c2)c1. The lowest BCUT2D eigenvalue weighted by Gasteiger charge is -2.15. The van der Waals surface area contributed by atoms with Crippen molar-refractivity contribution in [2.45, 2.75) is 13.0 Å². The number of benzene rings is 2. The summed E-state index contributed by atoms with van der Waals surface area (Å²) < 4.78 is 28.6. The molecule has 2 aromatic rings. The van der Waals surface area contributed by atoms with Crippen molar-refractivity contribution in [1.29, 1.82) is 0 Å². The third-order valence-corrected chi connectivity index (χ3v) is 3.69. The number of rotatable bonds is 7. The van der Waals surface area contributed by atoms with Gasteiger partial charge in [0.1, 0.15) is 17.1 Å². The van der Waals surface area contributed by atoms with Crippen LogP contribution >= 0.6 is 0 Å². The van der Waals surface area contributed by atoms with Gasteiger partial charge in [0.15, 0.2) is 6.10 Å². The summed E-state index contributed by atoms with van der Waals surface area (Å²) in [5, 5.41) is 13.1. The number of methoxy groups -OCH3 is 2. The van der Waals surface area contributed by atoms with Crippen molar-refractivity contribution >= 4 is 23.3 Å². The fourth-order valence-electron chi connectivity index (χ4n) is 2.23. The van der Waals surface area contributed by atoms with Gasteiger partial charge < -0.3 is 19.5 Å². The van der Waals surface area contributed by atoms with Crippen LogP contribution in [0.3, 0.4) is 0 Å². The fourth-order valence-corrected chi connectivity index (χ4v) is 2.23. The summed E-state index contributed by atoms with van der Waals surface area (Å²) in [6.07, 6.45) is -1.24. The van der Waals surface area contributed by atoms with Crippen molar-refractivity contribution in [1.82, 2.24) is 0 Å². The number of amides is 1. The standard InChI is InChI=1S/C18H17FN2O7/c1-10(17(22)20-11-4-6-14(19)15(8-11)21(24)25)28-18(23)13-9-12(26-2)5-7-16(13)27-3/h4-10H,1-3H3,(H,20,22)/t10-/m1/s1. The first kappa shape index (κ1) is 20.6. The molecular weight excluding hydrogens is 375 g/mol. The van der Waals surface area contributed by atoms with Crippen LogP contribution in [0.2, 0.25) is 0 Å². The molecule has 0 aliphatic carbocycles. The number of halogens is 1. The number of nitrogens with one attached hydrogen (secondary N) is 1. The van der Waals surface area contributed by atoms with Crippen molar-refractivity contribution in [2.24, 2.45) is 0 Å². The molecule has 2 aromatic carbocycles. The molecule has 0 fully saturated rings. The predicted octanol–water partition coefficient (Wildman–Crippen LogP) is 2.94. The number of esters is 1. The molecule has 0 aliphatic heterocycles. The van der Waals surface area contributed by atoms with Gasteiger partial charge in [-0.3, -0.25) is 14.9 Å². The van der Waals surface area contributed by atoms with E-state index in [0.29, 0.717) is 5.75 Å². The minimum absolute atomic E-state index is 0.0139. The van der Waals surface area contributed by atoms with Crippen LogP contribution in [-0.4, -0.2) is 37.1 Å². The van der Waals surface area contributed by atoms with Crippen LogP contribution in [0.5, 0.6) is 11.5 Å². The van der Waals surface area contributed by atoms with Crippen LogP contribution in [0.15, 0.2) is 36.4 Å². The van der Waals surface area contributed by atoms with Crippen LogP contribution in [0.25, 0.3) is 0 Å². The van der Waals surface area contributed by atoms with E-state index in [4.69, 9.17) is 14.2 Å². The topological polar surface area (TPSA) is 117 Å². The summed E-state index contributed by atoms with van der Waals surface area (Å²) in [4.78, 5) is 34.4. The van der Waals surface area contributed by atoms with Gasteiger partial charge >= 0.3 is 11.7 Å². The number of carbonyl (C=O) groups excluding carboxylic acids is 2.